The minimum absolute atomic E-state index is 0.469. The van der Waals surface area contributed by atoms with E-state index in [0.717, 1.165) is 0 Å². The molecule has 0 aromatic heterocycles. The first-order valence-electron chi connectivity index (χ1n) is 1.77. The Morgan fingerprint density at radius 1 is 1.88 bits per heavy atom. The summed E-state index contributed by atoms with van der Waals surface area (Å²) in [7, 11) is 0. The zero-order valence-electron chi connectivity index (χ0n) is 3.97. The number of hydrogen-bond donors (Lipinski definition) is 1. The van der Waals surface area contributed by atoms with Crippen molar-refractivity contribution >= 4 is 26.3 Å². The molecule has 0 aliphatic carbocycles. The van der Waals surface area contributed by atoms with E-state index in [-0.39, 0.29) is 0 Å². The molecule has 0 saturated heterocycles. The Hall–Kier alpha value is 0.248. The van der Waals surface area contributed by atoms with Gasteiger partial charge in [0, 0.05) is 0 Å². The second-order valence-corrected chi connectivity index (χ2v) is 2.13. The van der Waals surface area contributed by atoms with Crippen LogP contribution < -0.4 is 5.73 Å². The molecule has 2 nitrogen and oxygen atoms in total. The standard InChI is InChI=1S/C4H4BrN2.W/c1-7-4(6)2-3-5;/h1-2H,6H2;/q-1;. The molecule has 0 radical (unpaired) electrons. The molecule has 0 unspecified atom stereocenters. The molecule has 0 amide bonds. The van der Waals surface area contributed by atoms with Gasteiger partial charge in [0.2, 0.25) is 0 Å². The van der Waals surface area contributed by atoms with Gasteiger partial charge < -0.3 is 0 Å². The van der Waals surface area contributed by atoms with E-state index in [0.29, 0.717) is 5.84 Å². The average Bonchev–Trinajstić information content (AvgIpc) is 1.68. The molecule has 0 atom stereocenters. The van der Waals surface area contributed by atoms with Crippen molar-refractivity contribution in [2.24, 2.45) is 10.7 Å². The Morgan fingerprint density at radius 2 is 2.50 bits per heavy atom. The summed E-state index contributed by atoms with van der Waals surface area (Å²) in [5, 5.41) is 0. The van der Waals surface area contributed by atoms with Crippen molar-refractivity contribution in [1.82, 2.24) is 0 Å². The van der Waals surface area contributed by atoms with Crippen LogP contribution in [0.5, 0.6) is 0 Å². The summed E-state index contributed by atoms with van der Waals surface area (Å²) < 4.78 is 1.70. The number of aliphatic imine (C=N–C) groups is 1. The second-order valence-electron chi connectivity index (χ2n) is 0.913. The van der Waals surface area contributed by atoms with Gasteiger partial charge in [-0.3, -0.25) is 0 Å². The van der Waals surface area contributed by atoms with Gasteiger partial charge in [-0.1, -0.05) is 0 Å². The molecule has 0 spiro atoms. The number of nitrogens with zero attached hydrogens (tertiary/aromatic N) is 1. The predicted octanol–water partition coefficient (Wildman–Crippen LogP) is 0.362. The Kier molecular flexibility index (Phi) is 5.55. The number of amidine groups is 1. The zero-order valence-corrected chi connectivity index (χ0v) is 8.48. The fourth-order valence-corrected chi connectivity index (χ4v) is 0.826. The zero-order chi connectivity index (χ0) is 6.41. The number of halogens is 1. The maximum absolute atomic E-state index is 5.28. The van der Waals surface area contributed by atoms with Crippen molar-refractivity contribution in [3.63, 3.8) is 0 Å². The van der Waals surface area contributed by atoms with Crippen LogP contribution in [0.3, 0.4) is 0 Å². The Balaban J connectivity index is 3.79. The summed E-state index contributed by atoms with van der Waals surface area (Å²) in [5.74, 6) is 0.469. The van der Waals surface area contributed by atoms with E-state index < -0.39 is 0 Å². The van der Waals surface area contributed by atoms with Crippen molar-refractivity contribution < 1.29 is 19.4 Å². The summed E-state index contributed by atoms with van der Waals surface area (Å²) >= 11 is 4.23. The van der Waals surface area contributed by atoms with Crippen LogP contribution >= 0.6 is 15.9 Å². The molecule has 44 valence electrons. The van der Waals surface area contributed by atoms with Gasteiger partial charge in [0.25, 0.3) is 0 Å². The van der Waals surface area contributed by atoms with Gasteiger partial charge in [-0.2, -0.15) is 0 Å². The molecule has 0 fully saturated rings. The molecule has 0 aliphatic heterocycles. The first-order chi connectivity index (χ1) is 3.81. The third-order valence-electron chi connectivity index (χ3n) is 0.404. The normalized spacial score (nSPS) is 12.4. The molecule has 8 heavy (non-hydrogen) atoms. The third-order valence-corrected chi connectivity index (χ3v) is 1.01. The molecule has 0 aromatic carbocycles. The van der Waals surface area contributed by atoms with E-state index in [1.165, 1.54) is 19.4 Å². The molecular formula is C4H4BrN2W-. The SMILES string of the molecule is NC(C=[C-]Br)=N[CH]=[W]. The molecule has 0 bridgehead atoms. The molecule has 4 heteroatoms. The summed E-state index contributed by atoms with van der Waals surface area (Å²) in [5.41, 5.74) is 5.28. The molecule has 0 rings (SSSR count). The van der Waals surface area contributed by atoms with Crippen LogP contribution in [0.25, 0.3) is 0 Å². The van der Waals surface area contributed by atoms with Gasteiger partial charge in [-0.05, 0) is 0 Å². The summed E-state index contributed by atoms with van der Waals surface area (Å²) in [4.78, 5) is 6.35. The third kappa shape index (κ3) is 4.41. The second kappa shape index (κ2) is 5.39. The van der Waals surface area contributed by atoms with Crippen LogP contribution in [0.4, 0.5) is 0 Å². The van der Waals surface area contributed by atoms with Crippen LogP contribution in [0.2, 0.25) is 0 Å². The van der Waals surface area contributed by atoms with Gasteiger partial charge in [-0.15, -0.1) is 0 Å². The molecule has 0 aliphatic rings. The summed E-state index contributed by atoms with van der Waals surface area (Å²) in [6.45, 7) is 0. The van der Waals surface area contributed by atoms with Crippen LogP contribution in [0, 0.1) is 4.99 Å². The van der Waals surface area contributed by atoms with E-state index >= 15 is 0 Å². The van der Waals surface area contributed by atoms with Gasteiger partial charge in [0.05, 0.1) is 0 Å². The van der Waals surface area contributed by atoms with Gasteiger partial charge in [0.15, 0.2) is 0 Å². The molecule has 2 N–H and O–H groups in total. The summed E-state index contributed by atoms with van der Waals surface area (Å²) in [6, 6.07) is 0. The van der Waals surface area contributed by atoms with Crippen LogP contribution in [-0.2, 0) is 19.4 Å². The molecule has 0 saturated carbocycles. The van der Waals surface area contributed by atoms with Crippen molar-refractivity contribution in [1.29, 1.82) is 0 Å². The van der Waals surface area contributed by atoms with E-state index in [9.17, 15) is 0 Å². The first kappa shape index (κ1) is 8.25. The van der Waals surface area contributed by atoms with Crippen molar-refractivity contribution in [2.75, 3.05) is 0 Å². The molecule has 0 aromatic rings. The summed E-state index contributed by atoms with van der Waals surface area (Å²) in [6.07, 6.45) is 1.56. The van der Waals surface area contributed by atoms with E-state index in [1.807, 2.05) is 0 Å². The van der Waals surface area contributed by atoms with E-state index in [1.54, 1.807) is 10.6 Å². The van der Waals surface area contributed by atoms with Crippen LogP contribution in [0.15, 0.2) is 11.1 Å². The van der Waals surface area contributed by atoms with Crippen molar-refractivity contribution in [3.05, 3.63) is 11.1 Å². The molecule has 0 heterocycles. The quantitative estimate of drug-likeness (QED) is 0.439. The Morgan fingerprint density at radius 3 is 2.88 bits per heavy atom. The minimum atomic E-state index is 0.469. The first-order valence-corrected chi connectivity index (χ1v) is 4.26. The topological polar surface area (TPSA) is 38.4 Å². The molecular weight excluding hydrogens is 340 g/mol. The monoisotopic (exact) mass is 343 g/mol. The van der Waals surface area contributed by atoms with Crippen LogP contribution in [0.1, 0.15) is 0 Å². The number of nitrogens with two attached hydrogens (primary N) is 1. The fourth-order valence-electron chi connectivity index (χ4n) is 0.154. The average molecular weight is 344 g/mol. The van der Waals surface area contributed by atoms with E-state index in [2.05, 4.69) is 25.9 Å². The van der Waals surface area contributed by atoms with Crippen molar-refractivity contribution in [3.8, 4) is 0 Å². The fraction of sp³-hybridized carbons (Fsp3) is 0. The maximum atomic E-state index is 5.28. The van der Waals surface area contributed by atoms with E-state index in [4.69, 9.17) is 5.73 Å². The van der Waals surface area contributed by atoms with Crippen LogP contribution in [-0.4, -0.2) is 10.4 Å². The van der Waals surface area contributed by atoms with Gasteiger partial charge in [0.1, 0.15) is 0 Å². The predicted molar refractivity (Wildman–Crippen MR) is 34.4 cm³/mol. The van der Waals surface area contributed by atoms with Crippen molar-refractivity contribution in [2.45, 2.75) is 0 Å². The number of rotatable bonds is 2. The van der Waals surface area contributed by atoms with Gasteiger partial charge >= 0.3 is 67.4 Å². The Bertz CT molecular complexity index is 130. The number of hydrogen-bond acceptors (Lipinski definition) is 1. The Labute approximate surface area is 67.4 Å². The van der Waals surface area contributed by atoms with Gasteiger partial charge in [-0.25, -0.2) is 0 Å².